The fraction of sp³-hybridized carbons (Fsp3) is 1.00. The van der Waals surface area contributed by atoms with Crippen LogP contribution in [-0.2, 0) is 0 Å². The van der Waals surface area contributed by atoms with Gasteiger partial charge in [-0.15, -0.1) is 0 Å². The lowest BCUT2D eigenvalue weighted by atomic mass is 10.2. The first-order valence-corrected chi connectivity index (χ1v) is 4.55. The fourth-order valence-electron chi connectivity index (χ4n) is 1.51. The van der Waals surface area contributed by atoms with Gasteiger partial charge in [0.1, 0.15) is 0 Å². The summed E-state index contributed by atoms with van der Waals surface area (Å²) in [6.45, 7) is 6.15. The van der Waals surface area contributed by atoms with E-state index in [1.165, 1.54) is 0 Å². The van der Waals surface area contributed by atoms with Gasteiger partial charge in [-0.25, -0.2) is 0 Å². The summed E-state index contributed by atoms with van der Waals surface area (Å²) in [6, 6.07) is 0.446. The lowest BCUT2D eigenvalue weighted by molar-refractivity contribution is 0.143. The molecule has 1 aliphatic heterocycles. The Bertz CT molecular complexity index is 131. The van der Waals surface area contributed by atoms with Crippen LogP contribution in [0.15, 0.2) is 0 Å². The minimum Gasteiger partial charge on any atom is -0.395 e. The minimum atomic E-state index is -0.0921. The van der Waals surface area contributed by atoms with Gasteiger partial charge < -0.3 is 16.2 Å². The molecule has 0 saturated carbocycles. The highest BCUT2D eigenvalue weighted by Crippen LogP contribution is 2.02. The van der Waals surface area contributed by atoms with Gasteiger partial charge in [0.25, 0.3) is 0 Å². The van der Waals surface area contributed by atoms with Crippen LogP contribution >= 0.6 is 0 Å². The van der Waals surface area contributed by atoms with Gasteiger partial charge in [-0.2, -0.15) is 0 Å². The van der Waals surface area contributed by atoms with Crippen LogP contribution in [0.5, 0.6) is 0 Å². The second kappa shape index (κ2) is 4.77. The number of aliphatic hydroxyl groups excluding tert-OH is 1. The Hall–Kier alpha value is -0.160. The van der Waals surface area contributed by atoms with Crippen LogP contribution in [0.3, 0.4) is 0 Å². The highest BCUT2D eigenvalue weighted by molar-refractivity contribution is 4.78. The molecule has 0 radical (unpaired) electrons. The molecule has 0 amide bonds. The van der Waals surface area contributed by atoms with E-state index in [0.717, 1.165) is 26.2 Å². The van der Waals surface area contributed by atoms with Crippen molar-refractivity contribution in [3.63, 3.8) is 0 Å². The molecule has 12 heavy (non-hydrogen) atoms. The van der Waals surface area contributed by atoms with Crippen molar-refractivity contribution >= 4 is 0 Å². The molecule has 0 spiro atoms. The van der Waals surface area contributed by atoms with E-state index in [4.69, 9.17) is 10.8 Å². The van der Waals surface area contributed by atoms with E-state index >= 15 is 0 Å². The SMILES string of the molecule is CC1CNCCN1CC(N)CO. The zero-order valence-electron chi connectivity index (χ0n) is 7.66. The van der Waals surface area contributed by atoms with Crippen molar-refractivity contribution in [1.82, 2.24) is 10.2 Å². The van der Waals surface area contributed by atoms with Crippen molar-refractivity contribution in [3.05, 3.63) is 0 Å². The molecule has 1 rings (SSSR count). The van der Waals surface area contributed by atoms with Gasteiger partial charge in [0.15, 0.2) is 0 Å². The molecule has 2 atom stereocenters. The molecule has 0 aliphatic carbocycles. The van der Waals surface area contributed by atoms with Crippen LogP contribution in [0.2, 0.25) is 0 Å². The molecule has 1 aliphatic rings. The van der Waals surface area contributed by atoms with Gasteiger partial charge in [0, 0.05) is 38.3 Å². The molecular weight excluding hydrogens is 154 g/mol. The molecule has 1 heterocycles. The summed E-state index contributed by atoms with van der Waals surface area (Å²) < 4.78 is 0. The Balaban J connectivity index is 2.28. The summed E-state index contributed by atoms with van der Waals surface area (Å²) >= 11 is 0. The number of rotatable bonds is 3. The third-order valence-corrected chi connectivity index (χ3v) is 2.34. The molecule has 4 nitrogen and oxygen atoms in total. The Morgan fingerprint density at radius 2 is 2.50 bits per heavy atom. The van der Waals surface area contributed by atoms with Gasteiger partial charge in [-0.05, 0) is 6.92 Å². The Morgan fingerprint density at radius 3 is 3.08 bits per heavy atom. The molecule has 0 bridgehead atoms. The Labute approximate surface area is 73.7 Å². The van der Waals surface area contributed by atoms with Crippen LogP contribution < -0.4 is 11.1 Å². The first-order valence-electron chi connectivity index (χ1n) is 4.55. The topological polar surface area (TPSA) is 61.5 Å². The van der Waals surface area contributed by atoms with E-state index in [2.05, 4.69) is 17.1 Å². The molecule has 2 unspecified atom stereocenters. The molecule has 0 aromatic heterocycles. The van der Waals surface area contributed by atoms with Crippen LogP contribution in [0.25, 0.3) is 0 Å². The number of nitrogens with two attached hydrogens (primary N) is 1. The Kier molecular flexibility index (Phi) is 3.94. The van der Waals surface area contributed by atoms with E-state index < -0.39 is 0 Å². The van der Waals surface area contributed by atoms with E-state index in [9.17, 15) is 0 Å². The standard InChI is InChI=1S/C8H19N3O/c1-7-4-10-2-3-11(7)5-8(9)6-12/h7-8,10,12H,2-6,9H2,1H3. The third-order valence-electron chi connectivity index (χ3n) is 2.34. The van der Waals surface area contributed by atoms with E-state index in [1.807, 2.05) is 0 Å². The molecule has 4 heteroatoms. The van der Waals surface area contributed by atoms with Crippen molar-refractivity contribution in [2.75, 3.05) is 32.8 Å². The van der Waals surface area contributed by atoms with Crippen LogP contribution in [0.4, 0.5) is 0 Å². The maximum Gasteiger partial charge on any atom is 0.0595 e. The minimum absolute atomic E-state index is 0.0800. The quantitative estimate of drug-likeness (QED) is 0.491. The predicted octanol–water partition coefficient (Wildman–Crippen LogP) is -1.40. The average Bonchev–Trinajstić information content (AvgIpc) is 2.09. The molecule has 72 valence electrons. The first-order chi connectivity index (χ1) is 5.74. The van der Waals surface area contributed by atoms with Crippen molar-refractivity contribution in [3.8, 4) is 0 Å². The summed E-state index contributed by atoms with van der Waals surface area (Å²) in [5.74, 6) is 0. The summed E-state index contributed by atoms with van der Waals surface area (Å²) in [7, 11) is 0. The maximum absolute atomic E-state index is 8.78. The predicted molar refractivity (Wildman–Crippen MR) is 49.0 cm³/mol. The summed E-state index contributed by atoms with van der Waals surface area (Å²) in [5, 5.41) is 12.1. The van der Waals surface area contributed by atoms with Crippen LogP contribution in [0.1, 0.15) is 6.92 Å². The highest BCUT2D eigenvalue weighted by Gasteiger charge is 2.19. The highest BCUT2D eigenvalue weighted by atomic mass is 16.3. The van der Waals surface area contributed by atoms with Crippen LogP contribution in [0, 0.1) is 0 Å². The van der Waals surface area contributed by atoms with Crippen molar-refractivity contribution in [1.29, 1.82) is 0 Å². The third kappa shape index (κ3) is 2.71. The van der Waals surface area contributed by atoms with E-state index in [0.29, 0.717) is 6.04 Å². The molecule has 1 saturated heterocycles. The monoisotopic (exact) mass is 173 g/mol. The van der Waals surface area contributed by atoms with Gasteiger partial charge in [-0.3, -0.25) is 4.90 Å². The van der Waals surface area contributed by atoms with Gasteiger partial charge >= 0.3 is 0 Å². The number of aliphatic hydroxyl groups is 1. The normalized spacial score (nSPS) is 28.8. The maximum atomic E-state index is 8.78. The van der Waals surface area contributed by atoms with Gasteiger partial charge in [0.05, 0.1) is 6.61 Å². The molecule has 0 aromatic rings. The van der Waals surface area contributed by atoms with E-state index in [1.54, 1.807) is 0 Å². The smallest absolute Gasteiger partial charge is 0.0595 e. The summed E-state index contributed by atoms with van der Waals surface area (Å²) in [4.78, 5) is 2.32. The fourth-order valence-corrected chi connectivity index (χ4v) is 1.51. The number of hydrogen-bond acceptors (Lipinski definition) is 4. The van der Waals surface area contributed by atoms with Gasteiger partial charge in [0.2, 0.25) is 0 Å². The first kappa shape index (κ1) is 9.92. The Morgan fingerprint density at radius 1 is 1.75 bits per heavy atom. The number of nitrogens with one attached hydrogen (secondary N) is 1. The lowest BCUT2D eigenvalue weighted by Gasteiger charge is -2.35. The average molecular weight is 173 g/mol. The molecule has 4 N–H and O–H groups in total. The second-order valence-electron chi connectivity index (χ2n) is 3.49. The van der Waals surface area contributed by atoms with Gasteiger partial charge in [-0.1, -0.05) is 0 Å². The zero-order valence-corrected chi connectivity index (χ0v) is 7.66. The van der Waals surface area contributed by atoms with E-state index in [-0.39, 0.29) is 12.6 Å². The summed E-state index contributed by atoms with van der Waals surface area (Å²) in [6.07, 6.45) is 0. The molecular formula is C8H19N3O. The van der Waals surface area contributed by atoms with Crippen LogP contribution in [-0.4, -0.2) is 54.9 Å². The zero-order chi connectivity index (χ0) is 8.97. The number of hydrogen-bond donors (Lipinski definition) is 3. The van der Waals surface area contributed by atoms with Crippen molar-refractivity contribution in [2.24, 2.45) is 5.73 Å². The molecule has 0 aromatic carbocycles. The lowest BCUT2D eigenvalue weighted by Crippen LogP contribution is -2.53. The van der Waals surface area contributed by atoms with Crippen molar-refractivity contribution < 1.29 is 5.11 Å². The van der Waals surface area contributed by atoms with Crippen molar-refractivity contribution in [2.45, 2.75) is 19.0 Å². The largest absolute Gasteiger partial charge is 0.395 e. The number of nitrogens with zero attached hydrogens (tertiary/aromatic N) is 1. The second-order valence-corrected chi connectivity index (χ2v) is 3.49. The number of piperazine rings is 1. The summed E-state index contributed by atoms with van der Waals surface area (Å²) in [5.41, 5.74) is 5.65. The molecule has 1 fully saturated rings.